The average Bonchev–Trinajstić information content (AvgIpc) is 3.09. The summed E-state index contributed by atoms with van der Waals surface area (Å²) in [4.78, 5) is 16.2. The number of amides is 1. The van der Waals surface area contributed by atoms with E-state index in [4.69, 9.17) is 0 Å². The van der Waals surface area contributed by atoms with Crippen LogP contribution in [0.3, 0.4) is 0 Å². The van der Waals surface area contributed by atoms with Crippen LogP contribution in [0.5, 0.6) is 0 Å². The van der Waals surface area contributed by atoms with Gasteiger partial charge in [-0.25, -0.2) is 0 Å². The highest BCUT2D eigenvalue weighted by molar-refractivity contribution is 5.78. The van der Waals surface area contributed by atoms with Gasteiger partial charge in [-0.1, -0.05) is 6.92 Å². The van der Waals surface area contributed by atoms with E-state index in [0.29, 0.717) is 25.0 Å². The number of piperidine rings is 1. The van der Waals surface area contributed by atoms with E-state index in [1.807, 2.05) is 11.8 Å². The molecule has 0 radical (unpaired) electrons. The van der Waals surface area contributed by atoms with Crippen molar-refractivity contribution in [2.45, 2.75) is 45.3 Å². The van der Waals surface area contributed by atoms with Crippen LogP contribution in [0.1, 0.15) is 33.1 Å². The molecular weight excluding hydrogens is 216 g/mol. The van der Waals surface area contributed by atoms with Crippen molar-refractivity contribution < 1.29 is 9.90 Å². The van der Waals surface area contributed by atoms with Crippen LogP contribution in [0, 0.1) is 5.92 Å². The molecule has 1 saturated heterocycles. The first-order valence-electron chi connectivity index (χ1n) is 6.81. The molecule has 2 unspecified atom stereocenters. The Labute approximate surface area is 104 Å². The Balaban J connectivity index is 1.81. The van der Waals surface area contributed by atoms with E-state index in [0.717, 1.165) is 19.5 Å². The highest BCUT2D eigenvalue weighted by atomic mass is 16.3. The summed E-state index contributed by atoms with van der Waals surface area (Å²) in [5, 5.41) is 9.81. The van der Waals surface area contributed by atoms with Gasteiger partial charge in [-0.2, -0.15) is 0 Å². The number of hydrogen-bond donors (Lipinski definition) is 1. The molecule has 17 heavy (non-hydrogen) atoms. The van der Waals surface area contributed by atoms with Gasteiger partial charge in [-0.3, -0.25) is 9.69 Å². The Morgan fingerprint density at radius 3 is 2.65 bits per heavy atom. The maximum absolute atomic E-state index is 12.1. The Hall–Kier alpha value is -0.610. The lowest BCUT2D eigenvalue weighted by Gasteiger charge is -2.35. The molecular formula is C13H24N2O2. The van der Waals surface area contributed by atoms with Crippen molar-refractivity contribution >= 4 is 5.91 Å². The van der Waals surface area contributed by atoms with E-state index in [2.05, 4.69) is 11.8 Å². The molecule has 0 spiro atoms. The number of aliphatic hydroxyl groups is 1. The van der Waals surface area contributed by atoms with Crippen LogP contribution in [-0.2, 0) is 4.79 Å². The van der Waals surface area contributed by atoms with Gasteiger partial charge in [-0.15, -0.1) is 0 Å². The second-order valence-electron chi connectivity index (χ2n) is 5.48. The molecule has 1 N–H and O–H groups in total. The summed E-state index contributed by atoms with van der Waals surface area (Å²) in [6.45, 7) is 7.00. The lowest BCUT2D eigenvalue weighted by molar-refractivity contribution is -0.133. The van der Waals surface area contributed by atoms with E-state index in [9.17, 15) is 9.90 Å². The van der Waals surface area contributed by atoms with Crippen LogP contribution in [-0.4, -0.2) is 59.1 Å². The molecule has 98 valence electrons. The number of likely N-dealkylation sites (N-methyl/N-ethyl adjacent to an activating group) is 1. The first kappa shape index (κ1) is 12.8. The highest BCUT2D eigenvalue weighted by Gasteiger charge is 2.33. The van der Waals surface area contributed by atoms with Gasteiger partial charge in [0.2, 0.25) is 5.91 Å². The molecule has 2 rings (SSSR count). The topological polar surface area (TPSA) is 43.8 Å². The molecule has 0 aromatic heterocycles. The van der Waals surface area contributed by atoms with Crippen LogP contribution in [0.4, 0.5) is 0 Å². The average molecular weight is 240 g/mol. The smallest absolute Gasteiger partial charge is 0.236 e. The van der Waals surface area contributed by atoms with Crippen molar-refractivity contribution in [2.75, 3.05) is 26.2 Å². The highest BCUT2D eigenvalue weighted by Crippen LogP contribution is 2.27. The van der Waals surface area contributed by atoms with Gasteiger partial charge < -0.3 is 10.0 Å². The molecule has 0 bridgehead atoms. The quantitative estimate of drug-likeness (QED) is 0.786. The monoisotopic (exact) mass is 240 g/mol. The number of aliphatic hydroxyl groups excluding tert-OH is 1. The zero-order valence-electron chi connectivity index (χ0n) is 10.9. The normalized spacial score (nSPS) is 30.3. The zero-order chi connectivity index (χ0) is 12.4. The Bertz CT molecular complexity index is 279. The largest absolute Gasteiger partial charge is 0.392 e. The molecule has 0 aromatic rings. The van der Waals surface area contributed by atoms with Gasteiger partial charge in [0.1, 0.15) is 0 Å². The summed E-state index contributed by atoms with van der Waals surface area (Å²) in [6.07, 6.45) is 3.05. The number of β-amino-alcohol motifs (C(OH)–C–C–N with tert-alkyl or cyclic N) is 1. The molecule has 1 amide bonds. The second-order valence-corrected chi connectivity index (χ2v) is 5.48. The summed E-state index contributed by atoms with van der Waals surface area (Å²) in [7, 11) is 0. The van der Waals surface area contributed by atoms with Gasteiger partial charge in [0.25, 0.3) is 0 Å². The summed E-state index contributed by atoms with van der Waals surface area (Å²) < 4.78 is 0. The van der Waals surface area contributed by atoms with E-state index < -0.39 is 0 Å². The Kier molecular flexibility index (Phi) is 4.05. The summed E-state index contributed by atoms with van der Waals surface area (Å²) in [6, 6.07) is 0.501. The van der Waals surface area contributed by atoms with Gasteiger partial charge in [0.15, 0.2) is 0 Å². The molecule has 1 aliphatic carbocycles. The third-order valence-electron chi connectivity index (χ3n) is 4.01. The van der Waals surface area contributed by atoms with Gasteiger partial charge >= 0.3 is 0 Å². The molecule has 4 nitrogen and oxygen atoms in total. The first-order chi connectivity index (χ1) is 8.11. The van der Waals surface area contributed by atoms with Gasteiger partial charge in [0, 0.05) is 19.1 Å². The van der Waals surface area contributed by atoms with Crippen molar-refractivity contribution in [3.8, 4) is 0 Å². The number of rotatable bonds is 4. The number of likely N-dealkylation sites (tertiary alicyclic amines) is 1. The number of nitrogens with zero attached hydrogens (tertiary/aromatic N) is 2. The maximum Gasteiger partial charge on any atom is 0.236 e. The molecule has 2 atom stereocenters. The minimum absolute atomic E-state index is 0.233. The molecule has 1 aliphatic heterocycles. The van der Waals surface area contributed by atoms with Crippen LogP contribution in [0.25, 0.3) is 0 Å². The van der Waals surface area contributed by atoms with Crippen molar-refractivity contribution in [3.63, 3.8) is 0 Å². The third-order valence-corrected chi connectivity index (χ3v) is 4.01. The Morgan fingerprint density at radius 1 is 1.41 bits per heavy atom. The zero-order valence-corrected chi connectivity index (χ0v) is 10.9. The van der Waals surface area contributed by atoms with Crippen LogP contribution in [0.2, 0.25) is 0 Å². The minimum atomic E-state index is -0.271. The standard InChI is InChI=1S/C13H24N2O2/c1-3-15(11-4-5-11)13(17)9-14-7-6-10(2)12(16)8-14/h10-12,16H,3-9H2,1-2H3. The predicted octanol–water partition coefficient (Wildman–Crippen LogP) is 0.700. The molecule has 1 saturated carbocycles. The van der Waals surface area contributed by atoms with Gasteiger partial charge in [-0.05, 0) is 38.6 Å². The number of carbonyl (C=O) groups is 1. The van der Waals surface area contributed by atoms with E-state index in [-0.39, 0.29) is 12.0 Å². The summed E-state index contributed by atoms with van der Waals surface area (Å²) in [5.74, 6) is 0.601. The van der Waals surface area contributed by atoms with E-state index >= 15 is 0 Å². The summed E-state index contributed by atoms with van der Waals surface area (Å²) >= 11 is 0. The van der Waals surface area contributed by atoms with Crippen LogP contribution in [0.15, 0.2) is 0 Å². The third kappa shape index (κ3) is 3.19. The maximum atomic E-state index is 12.1. The lowest BCUT2D eigenvalue weighted by Crippen LogP contribution is -2.48. The van der Waals surface area contributed by atoms with Crippen LogP contribution < -0.4 is 0 Å². The first-order valence-corrected chi connectivity index (χ1v) is 6.81. The van der Waals surface area contributed by atoms with Crippen molar-refractivity contribution in [2.24, 2.45) is 5.92 Å². The Morgan fingerprint density at radius 2 is 2.12 bits per heavy atom. The predicted molar refractivity (Wildman–Crippen MR) is 66.6 cm³/mol. The van der Waals surface area contributed by atoms with Crippen molar-refractivity contribution in [1.82, 2.24) is 9.80 Å². The lowest BCUT2D eigenvalue weighted by atomic mass is 9.96. The molecule has 1 heterocycles. The number of carbonyl (C=O) groups excluding carboxylic acids is 1. The van der Waals surface area contributed by atoms with Crippen LogP contribution >= 0.6 is 0 Å². The van der Waals surface area contributed by atoms with Gasteiger partial charge in [0.05, 0.1) is 12.6 Å². The molecule has 2 fully saturated rings. The second kappa shape index (κ2) is 5.36. The van der Waals surface area contributed by atoms with E-state index in [1.54, 1.807) is 0 Å². The fraction of sp³-hybridized carbons (Fsp3) is 0.923. The fourth-order valence-corrected chi connectivity index (χ4v) is 2.56. The minimum Gasteiger partial charge on any atom is -0.392 e. The van der Waals surface area contributed by atoms with Crippen molar-refractivity contribution in [3.05, 3.63) is 0 Å². The summed E-state index contributed by atoms with van der Waals surface area (Å²) in [5.41, 5.74) is 0. The van der Waals surface area contributed by atoms with Crippen molar-refractivity contribution in [1.29, 1.82) is 0 Å². The molecule has 2 aliphatic rings. The SMILES string of the molecule is CCN(C(=O)CN1CCC(C)C(O)C1)C1CC1. The number of hydrogen-bond acceptors (Lipinski definition) is 3. The molecule has 0 aromatic carbocycles. The molecule has 4 heteroatoms. The van der Waals surface area contributed by atoms with E-state index in [1.165, 1.54) is 12.8 Å². The fourth-order valence-electron chi connectivity index (χ4n) is 2.56.